The van der Waals surface area contributed by atoms with E-state index in [9.17, 15) is 4.79 Å². The fourth-order valence-electron chi connectivity index (χ4n) is 3.17. The fourth-order valence-corrected chi connectivity index (χ4v) is 3.17. The molecule has 0 spiro atoms. The normalized spacial score (nSPS) is 38.5. The molecule has 2 aliphatic rings. The van der Waals surface area contributed by atoms with Gasteiger partial charge < -0.3 is 15.8 Å². The predicted molar refractivity (Wildman–Crippen MR) is 66.5 cm³/mol. The van der Waals surface area contributed by atoms with E-state index in [-0.39, 0.29) is 23.5 Å². The number of carbonyl (C=O) groups is 1. The molecule has 2 fully saturated rings. The molecule has 2 rings (SSSR count). The van der Waals surface area contributed by atoms with Crippen molar-refractivity contribution in [1.29, 1.82) is 0 Å². The molecular formula is C13H24N2O2. The van der Waals surface area contributed by atoms with Crippen LogP contribution in [0.25, 0.3) is 0 Å². The van der Waals surface area contributed by atoms with Crippen LogP contribution >= 0.6 is 0 Å². The summed E-state index contributed by atoms with van der Waals surface area (Å²) < 4.78 is 5.59. The average Bonchev–Trinajstić information content (AvgIpc) is 2.77. The summed E-state index contributed by atoms with van der Waals surface area (Å²) in [6.45, 7) is 5.48. The summed E-state index contributed by atoms with van der Waals surface area (Å²) in [6, 6.07) is 0.101. The molecule has 1 heterocycles. The second-order valence-electron chi connectivity index (χ2n) is 5.81. The molecule has 3 N–H and O–H groups in total. The van der Waals surface area contributed by atoms with Gasteiger partial charge in [0.1, 0.15) is 0 Å². The van der Waals surface area contributed by atoms with Crippen LogP contribution in [0, 0.1) is 11.3 Å². The van der Waals surface area contributed by atoms with E-state index in [1.807, 2.05) is 6.92 Å². The van der Waals surface area contributed by atoms with Gasteiger partial charge in [-0.3, -0.25) is 4.79 Å². The summed E-state index contributed by atoms with van der Waals surface area (Å²) in [6.07, 6.45) is 4.18. The number of nitrogens with two attached hydrogens (primary N) is 1. The third-order valence-electron chi connectivity index (χ3n) is 4.23. The highest BCUT2D eigenvalue weighted by Gasteiger charge is 2.47. The number of carbonyl (C=O) groups excluding carboxylic acids is 1. The number of hydrogen-bond acceptors (Lipinski definition) is 3. The van der Waals surface area contributed by atoms with Crippen molar-refractivity contribution in [3.05, 3.63) is 0 Å². The van der Waals surface area contributed by atoms with Gasteiger partial charge in [0.25, 0.3) is 0 Å². The minimum absolute atomic E-state index is 0.101. The zero-order valence-corrected chi connectivity index (χ0v) is 10.9. The highest BCUT2D eigenvalue weighted by molar-refractivity contribution is 5.84. The van der Waals surface area contributed by atoms with E-state index in [1.54, 1.807) is 0 Å². The molecule has 0 aromatic carbocycles. The number of rotatable bonds is 4. The largest absolute Gasteiger partial charge is 0.376 e. The Balaban J connectivity index is 1.87. The molecule has 4 heteroatoms. The number of amides is 1. The Morgan fingerprint density at radius 1 is 1.59 bits per heavy atom. The summed E-state index contributed by atoms with van der Waals surface area (Å²) in [7, 11) is 0. The lowest BCUT2D eigenvalue weighted by molar-refractivity contribution is -0.139. The highest BCUT2D eigenvalue weighted by Crippen LogP contribution is 2.44. The first-order chi connectivity index (χ1) is 8.07. The molecule has 0 aromatic heterocycles. The Hall–Kier alpha value is -0.610. The van der Waals surface area contributed by atoms with Gasteiger partial charge in [-0.05, 0) is 38.5 Å². The highest BCUT2D eigenvalue weighted by atomic mass is 16.5. The van der Waals surface area contributed by atoms with Crippen LogP contribution < -0.4 is 11.1 Å². The molecule has 0 bridgehead atoms. The van der Waals surface area contributed by atoms with Crippen LogP contribution in [0.15, 0.2) is 0 Å². The quantitative estimate of drug-likeness (QED) is 0.772. The number of hydrogen-bond donors (Lipinski definition) is 2. The summed E-state index contributed by atoms with van der Waals surface area (Å²) in [5, 5.41) is 3.09. The lowest BCUT2D eigenvalue weighted by Gasteiger charge is -2.45. The third kappa shape index (κ3) is 2.47. The average molecular weight is 240 g/mol. The monoisotopic (exact) mass is 240 g/mol. The van der Waals surface area contributed by atoms with Crippen molar-refractivity contribution in [2.75, 3.05) is 13.2 Å². The second-order valence-corrected chi connectivity index (χ2v) is 5.81. The maximum atomic E-state index is 12.2. The minimum Gasteiger partial charge on any atom is -0.376 e. The molecule has 98 valence electrons. The SMILES string of the molecule is CC1CC(CN)(C(=O)NC(C)C2CCCO2)C1. The Bertz CT molecular complexity index is 281. The van der Waals surface area contributed by atoms with Crippen LogP contribution in [0.3, 0.4) is 0 Å². The topological polar surface area (TPSA) is 64.4 Å². The third-order valence-corrected chi connectivity index (χ3v) is 4.23. The first-order valence-electron chi connectivity index (χ1n) is 6.70. The molecule has 1 saturated carbocycles. The van der Waals surface area contributed by atoms with Gasteiger partial charge in [-0.2, -0.15) is 0 Å². The van der Waals surface area contributed by atoms with Gasteiger partial charge in [-0.1, -0.05) is 6.92 Å². The first-order valence-corrected chi connectivity index (χ1v) is 6.70. The second kappa shape index (κ2) is 4.94. The minimum atomic E-state index is -0.299. The number of ether oxygens (including phenoxy) is 1. The molecular weight excluding hydrogens is 216 g/mol. The first kappa shape index (κ1) is 12.8. The van der Waals surface area contributed by atoms with Gasteiger partial charge in [0.2, 0.25) is 5.91 Å². The van der Waals surface area contributed by atoms with Crippen molar-refractivity contribution >= 4 is 5.91 Å². The van der Waals surface area contributed by atoms with Crippen LogP contribution in [0.1, 0.15) is 39.5 Å². The maximum absolute atomic E-state index is 12.2. The fraction of sp³-hybridized carbons (Fsp3) is 0.923. The van der Waals surface area contributed by atoms with E-state index in [4.69, 9.17) is 10.5 Å². The van der Waals surface area contributed by atoms with Crippen LogP contribution in [0.2, 0.25) is 0 Å². The van der Waals surface area contributed by atoms with Crippen molar-refractivity contribution < 1.29 is 9.53 Å². The van der Waals surface area contributed by atoms with Crippen molar-refractivity contribution in [3.8, 4) is 0 Å². The van der Waals surface area contributed by atoms with Gasteiger partial charge in [-0.15, -0.1) is 0 Å². The summed E-state index contributed by atoms with van der Waals surface area (Å²) in [4.78, 5) is 12.2. The molecule has 4 nitrogen and oxygen atoms in total. The molecule has 2 atom stereocenters. The molecule has 2 unspecified atom stereocenters. The standard InChI is InChI=1S/C13H24N2O2/c1-9-6-13(7-9,8-14)12(16)15-10(2)11-4-3-5-17-11/h9-11H,3-8,14H2,1-2H3,(H,15,16). The smallest absolute Gasteiger partial charge is 0.227 e. The van der Waals surface area contributed by atoms with E-state index in [0.29, 0.717) is 12.5 Å². The van der Waals surface area contributed by atoms with Crippen molar-refractivity contribution in [3.63, 3.8) is 0 Å². The zero-order chi connectivity index (χ0) is 12.5. The van der Waals surface area contributed by atoms with Gasteiger partial charge in [-0.25, -0.2) is 0 Å². The van der Waals surface area contributed by atoms with Gasteiger partial charge in [0.05, 0.1) is 17.6 Å². The molecule has 0 aromatic rings. The van der Waals surface area contributed by atoms with Crippen LogP contribution in [-0.2, 0) is 9.53 Å². The molecule has 1 aliphatic heterocycles. The van der Waals surface area contributed by atoms with Gasteiger partial charge in [0, 0.05) is 13.2 Å². The number of nitrogens with one attached hydrogen (secondary N) is 1. The summed E-state index contributed by atoms with van der Waals surface area (Å²) in [5.41, 5.74) is 5.47. The Kier molecular flexibility index (Phi) is 3.73. The van der Waals surface area contributed by atoms with Crippen molar-refractivity contribution in [2.24, 2.45) is 17.1 Å². The van der Waals surface area contributed by atoms with E-state index < -0.39 is 0 Å². The van der Waals surface area contributed by atoms with Crippen LogP contribution in [0.4, 0.5) is 0 Å². The van der Waals surface area contributed by atoms with E-state index in [1.165, 1.54) is 0 Å². The van der Waals surface area contributed by atoms with Gasteiger partial charge >= 0.3 is 0 Å². The van der Waals surface area contributed by atoms with E-state index >= 15 is 0 Å². The molecule has 1 aliphatic carbocycles. The lowest BCUT2D eigenvalue weighted by atomic mass is 9.62. The predicted octanol–water partition coefficient (Wildman–Crippen LogP) is 1.05. The van der Waals surface area contributed by atoms with Crippen molar-refractivity contribution in [2.45, 2.75) is 51.7 Å². The van der Waals surface area contributed by atoms with E-state index in [2.05, 4.69) is 12.2 Å². The lowest BCUT2D eigenvalue weighted by Crippen LogP contribution is -2.56. The van der Waals surface area contributed by atoms with E-state index in [0.717, 1.165) is 32.3 Å². The zero-order valence-electron chi connectivity index (χ0n) is 10.9. The van der Waals surface area contributed by atoms with Crippen LogP contribution in [-0.4, -0.2) is 31.2 Å². The molecule has 1 amide bonds. The Morgan fingerprint density at radius 2 is 2.29 bits per heavy atom. The molecule has 17 heavy (non-hydrogen) atoms. The Labute approximate surface area is 103 Å². The van der Waals surface area contributed by atoms with Crippen molar-refractivity contribution in [1.82, 2.24) is 5.32 Å². The summed E-state index contributed by atoms with van der Waals surface area (Å²) >= 11 is 0. The molecule has 0 radical (unpaired) electrons. The molecule has 1 saturated heterocycles. The summed E-state index contributed by atoms with van der Waals surface area (Å²) in [5.74, 6) is 0.753. The Morgan fingerprint density at radius 3 is 2.76 bits per heavy atom. The maximum Gasteiger partial charge on any atom is 0.227 e. The van der Waals surface area contributed by atoms with Crippen LogP contribution in [0.5, 0.6) is 0 Å². The van der Waals surface area contributed by atoms with Gasteiger partial charge in [0.15, 0.2) is 0 Å².